The van der Waals surface area contributed by atoms with Crippen LogP contribution in [0.5, 0.6) is 0 Å². The first-order valence-electron chi connectivity index (χ1n) is 6.23. The van der Waals surface area contributed by atoms with Crippen LogP contribution in [0.25, 0.3) is 0 Å². The molecule has 0 unspecified atom stereocenters. The van der Waals surface area contributed by atoms with Gasteiger partial charge in [-0.3, -0.25) is 4.90 Å². The van der Waals surface area contributed by atoms with Gasteiger partial charge < -0.3 is 9.30 Å². The standard InChI is InChI=1S/C12H16F3N3O2/c1-17-9-3-5-18(6-4-12(13,14)15)7-8(9)16-10(17)11(19)20-2/h3-7H2,1-2H3. The minimum absolute atomic E-state index is 0.0485. The SMILES string of the molecule is COC(=O)c1nc2c(n1C)CCN(CCC(F)(F)F)C2. The number of esters is 1. The second kappa shape index (κ2) is 5.43. The van der Waals surface area contributed by atoms with Crippen molar-refractivity contribution in [1.29, 1.82) is 0 Å². The van der Waals surface area contributed by atoms with Crippen LogP contribution in [-0.4, -0.2) is 46.8 Å². The van der Waals surface area contributed by atoms with Gasteiger partial charge in [0.05, 0.1) is 19.2 Å². The monoisotopic (exact) mass is 291 g/mol. The summed E-state index contributed by atoms with van der Waals surface area (Å²) >= 11 is 0. The Morgan fingerprint density at radius 2 is 2.15 bits per heavy atom. The number of fused-ring (bicyclic) bond motifs is 1. The van der Waals surface area contributed by atoms with E-state index in [0.717, 1.165) is 5.69 Å². The molecule has 5 nitrogen and oxygen atoms in total. The number of carbonyl (C=O) groups is 1. The topological polar surface area (TPSA) is 47.4 Å². The summed E-state index contributed by atoms with van der Waals surface area (Å²) in [6.45, 7) is 0.812. The maximum Gasteiger partial charge on any atom is 0.390 e. The van der Waals surface area contributed by atoms with Gasteiger partial charge >= 0.3 is 12.1 Å². The molecule has 2 rings (SSSR count). The van der Waals surface area contributed by atoms with Crippen LogP contribution in [0.4, 0.5) is 13.2 Å². The minimum atomic E-state index is -4.15. The number of rotatable bonds is 3. The summed E-state index contributed by atoms with van der Waals surface area (Å²) in [4.78, 5) is 17.4. The second-order valence-corrected chi connectivity index (χ2v) is 4.77. The Kier molecular flexibility index (Phi) is 4.03. The molecular formula is C12H16F3N3O2. The molecule has 1 aromatic rings. The zero-order chi connectivity index (χ0) is 14.9. The average Bonchev–Trinajstić information content (AvgIpc) is 2.72. The number of carbonyl (C=O) groups excluding carboxylic acids is 1. The second-order valence-electron chi connectivity index (χ2n) is 4.77. The van der Waals surface area contributed by atoms with Gasteiger partial charge in [0.2, 0.25) is 5.82 Å². The van der Waals surface area contributed by atoms with E-state index < -0.39 is 18.6 Å². The number of imidazole rings is 1. The smallest absolute Gasteiger partial charge is 0.390 e. The summed E-state index contributed by atoms with van der Waals surface area (Å²) in [6.07, 6.45) is -4.41. The van der Waals surface area contributed by atoms with Crippen molar-refractivity contribution in [2.24, 2.45) is 7.05 Å². The van der Waals surface area contributed by atoms with E-state index in [1.165, 1.54) is 7.11 Å². The van der Waals surface area contributed by atoms with Crippen LogP contribution in [-0.2, 0) is 24.8 Å². The van der Waals surface area contributed by atoms with E-state index in [2.05, 4.69) is 9.72 Å². The normalized spacial score (nSPS) is 16.1. The van der Waals surface area contributed by atoms with Gasteiger partial charge in [0, 0.05) is 38.8 Å². The van der Waals surface area contributed by atoms with Crippen molar-refractivity contribution in [2.75, 3.05) is 20.2 Å². The van der Waals surface area contributed by atoms with Gasteiger partial charge in [0.25, 0.3) is 0 Å². The Labute approximate surface area is 114 Å². The van der Waals surface area contributed by atoms with Gasteiger partial charge in [0.15, 0.2) is 0 Å². The van der Waals surface area contributed by atoms with Gasteiger partial charge in [-0.25, -0.2) is 9.78 Å². The lowest BCUT2D eigenvalue weighted by molar-refractivity contribution is -0.138. The van der Waals surface area contributed by atoms with Crippen LogP contribution in [0.2, 0.25) is 0 Å². The molecule has 1 aliphatic heterocycles. The molecule has 0 bridgehead atoms. The third-order valence-corrected chi connectivity index (χ3v) is 3.41. The zero-order valence-corrected chi connectivity index (χ0v) is 11.3. The predicted octanol–water partition coefficient (Wildman–Crippen LogP) is 1.52. The maximum atomic E-state index is 12.2. The van der Waals surface area contributed by atoms with E-state index in [4.69, 9.17) is 0 Å². The molecule has 0 atom stereocenters. The van der Waals surface area contributed by atoms with Crippen LogP contribution >= 0.6 is 0 Å². The van der Waals surface area contributed by atoms with Gasteiger partial charge in [-0.2, -0.15) is 13.2 Å². The van der Waals surface area contributed by atoms with Crippen molar-refractivity contribution in [3.8, 4) is 0 Å². The number of methoxy groups -OCH3 is 1. The zero-order valence-electron chi connectivity index (χ0n) is 11.3. The Bertz CT molecular complexity index is 511. The lowest BCUT2D eigenvalue weighted by atomic mass is 10.1. The fraction of sp³-hybridized carbons (Fsp3) is 0.667. The van der Waals surface area contributed by atoms with Crippen molar-refractivity contribution in [3.05, 3.63) is 17.2 Å². The molecule has 0 aromatic carbocycles. The lowest BCUT2D eigenvalue weighted by Gasteiger charge is -2.26. The van der Waals surface area contributed by atoms with Crippen LogP contribution in [0.3, 0.4) is 0 Å². The number of ether oxygens (including phenoxy) is 1. The third-order valence-electron chi connectivity index (χ3n) is 3.41. The molecule has 0 spiro atoms. The van der Waals surface area contributed by atoms with Crippen LogP contribution < -0.4 is 0 Å². The quantitative estimate of drug-likeness (QED) is 0.792. The van der Waals surface area contributed by atoms with Crippen molar-refractivity contribution in [1.82, 2.24) is 14.5 Å². The molecule has 0 radical (unpaired) electrons. The first-order chi connectivity index (χ1) is 9.31. The van der Waals surface area contributed by atoms with E-state index in [-0.39, 0.29) is 12.4 Å². The van der Waals surface area contributed by atoms with Crippen molar-refractivity contribution < 1.29 is 22.7 Å². The Hall–Kier alpha value is -1.57. The number of alkyl halides is 3. The van der Waals surface area contributed by atoms with Crippen LogP contribution in [0.1, 0.15) is 28.4 Å². The van der Waals surface area contributed by atoms with Gasteiger partial charge in [-0.05, 0) is 0 Å². The molecule has 0 fully saturated rings. The van der Waals surface area contributed by atoms with E-state index in [1.54, 1.807) is 16.5 Å². The van der Waals surface area contributed by atoms with Crippen molar-refractivity contribution in [2.45, 2.75) is 25.6 Å². The lowest BCUT2D eigenvalue weighted by Crippen LogP contribution is -2.34. The summed E-state index contributed by atoms with van der Waals surface area (Å²) < 4.78 is 42.9. The molecular weight excluding hydrogens is 275 g/mol. The molecule has 20 heavy (non-hydrogen) atoms. The highest BCUT2D eigenvalue weighted by Crippen LogP contribution is 2.23. The Balaban J connectivity index is 2.09. The van der Waals surface area contributed by atoms with Crippen LogP contribution in [0.15, 0.2) is 0 Å². The summed E-state index contributed by atoms with van der Waals surface area (Å²) in [5.74, 6) is -0.348. The molecule has 8 heteroatoms. The van der Waals surface area contributed by atoms with Crippen molar-refractivity contribution >= 4 is 5.97 Å². The molecule has 0 amide bonds. The first kappa shape index (κ1) is 14.8. The van der Waals surface area contributed by atoms with Gasteiger partial charge in [-0.15, -0.1) is 0 Å². The first-order valence-corrected chi connectivity index (χ1v) is 6.23. The van der Waals surface area contributed by atoms with Crippen molar-refractivity contribution in [3.63, 3.8) is 0 Å². The molecule has 0 aliphatic carbocycles. The summed E-state index contributed by atoms with van der Waals surface area (Å²) in [7, 11) is 2.98. The largest absolute Gasteiger partial charge is 0.463 e. The Morgan fingerprint density at radius 3 is 2.75 bits per heavy atom. The highest BCUT2D eigenvalue weighted by atomic mass is 19.4. The maximum absolute atomic E-state index is 12.2. The van der Waals surface area contributed by atoms with Gasteiger partial charge in [-0.1, -0.05) is 0 Å². The number of hydrogen-bond donors (Lipinski definition) is 0. The highest BCUT2D eigenvalue weighted by Gasteiger charge is 2.30. The fourth-order valence-corrected chi connectivity index (χ4v) is 2.33. The van der Waals surface area contributed by atoms with Gasteiger partial charge in [0.1, 0.15) is 0 Å². The third kappa shape index (κ3) is 3.12. The highest BCUT2D eigenvalue weighted by molar-refractivity contribution is 5.85. The molecule has 1 aliphatic rings. The molecule has 0 saturated carbocycles. The summed E-state index contributed by atoms with van der Waals surface area (Å²) in [5.41, 5.74) is 1.54. The number of halogens is 3. The van der Waals surface area contributed by atoms with E-state index in [1.807, 2.05) is 0 Å². The fourth-order valence-electron chi connectivity index (χ4n) is 2.33. The summed E-state index contributed by atoms with van der Waals surface area (Å²) in [5, 5.41) is 0. The number of hydrogen-bond acceptors (Lipinski definition) is 4. The summed E-state index contributed by atoms with van der Waals surface area (Å²) in [6, 6.07) is 0. The predicted molar refractivity (Wildman–Crippen MR) is 64.2 cm³/mol. The molecule has 0 N–H and O–H groups in total. The van der Waals surface area contributed by atoms with E-state index >= 15 is 0 Å². The van der Waals surface area contributed by atoms with E-state index in [0.29, 0.717) is 25.2 Å². The minimum Gasteiger partial charge on any atom is -0.463 e. The molecule has 112 valence electrons. The molecule has 1 aromatic heterocycles. The molecule has 2 heterocycles. The van der Waals surface area contributed by atoms with E-state index in [9.17, 15) is 18.0 Å². The number of aromatic nitrogens is 2. The molecule has 0 saturated heterocycles. The number of nitrogens with zero attached hydrogens (tertiary/aromatic N) is 3. The average molecular weight is 291 g/mol. The Morgan fingerprint density at radius 1 is 1.45 bits per heavy atom. The van der Waals surface area contributed by atoms with Crippen LogP contribution in [0, 0.1) is 0 Å².